The van der Waals surface area contributed by atoms with Gasteiger partial charge in [0.1, 0.15) is 0 Å². The van der Waals surface area contributed by atoms with Gasteiger partial charge in [0.05, 0.1) is 11.8 Å². The molecule has 1 aliphatic rings. The van der Waals surface area contributed by atoms with Gasteiger partial charge < -0.3 is 4.90 Å². The predicted molar refractivity (Wildman–Crippen MR) is 74.9 cm³/mol. The first-order valence-corrected chi connectivity index (χ1v) is 6.97. The monoisotopic (exact) mass is 265 g/mol. The topological polar surface area (TPSA) is 20.3 Å². The van der Waals surface area contributed by atoms with E-state index in [1.165, 1.54) is 5.56 Å². The maximum absolute atomic E-state index is 12.2. The van der Waals surface area contributed by atoms with Crippen LogP contribution in [0.1, 0.15) is 24.5 Å². The van der Waals surface area contributed by atoms with Gasteiger partial charge in [-0.05, 0) is 24.8 Å². The lowest BCUT2D eigenvalue weighted by atomic mass is 9.98. The molecule has 0 spiro atoms. The Kier molecular flexibility index (Phi) is 4.28. The number of carbonyl (C=O) groups excluding carboxylic acids is 1. The van der Waals surface area contributed by atoms with Crippen LogP contribution < -0.4 is 0 Å². The van der Waals surface area contributed by atoms with Crippen LogP contribution in [0.25, 0.3) is 0 Å². The number of alkyl halides is 1. The first kappa shape index (κ1) is 13.4. The van der Waals surface area contributed by atoms with Crippen LogP contribution in [0.15, 0.2) is 24.3 Å². The van der Waals surface area contributed by atoms with Crippen LogP contribution in [0.4, 0.5) is 0 Å². The first-order valence-electron chi connectivity index (χ1n) is 6.53. The fourth-order valence-corrected chi connectivity index (χ4v) is 2.53. The Hall–Kier alpha value is -1.02. The molecule has 1 aromatic carbocycles. The smallest absolute Gasteiger partial charge is 0.227 e. The lowest BCUT2D eigenvalue weighted by Gasteiger charge is -2.34. The highest BCUT2D eigenvalue weighted by atomic mass is 35.5. The lowest BCUT2D eigenvalue weighted by Crippen LogP contribution is -2.44. The second-order valence-electron chi connectivity index (χ2n) is 5.28. The number of piperidine rings is 1. The molecule has 1 fully saturated rings. The molecule has 0 aliphatic carbocycles. The number of aryl methyl sites for hydroxylation is 1. The average Bonchev–Trinajstić information content (AvgIpc) is 2.35. The molecule has 1 amide bonds. The molecule has 2 nitrogen and oxygen atoms in total. The van der Waals surface area contributed by atoms with E-state index in [4.69, 9.17) is 11.6 Å². The molecule has 18 heavy (non-hydrogen) atoms. The van der Waals surface area contributed by atoms with E-state index in [0.717, 1.165) is 18.5 Å². The van der Waals surface area contributed by atoms with Gasteiger partial charge in [-0.1, -0.05) is 36.8 Å². The van der Waals surface area contributed by atoms with Gasteiger partial charge in [0.15, 0.2) is 0 Å². The molecule has 3 heteroatoms. The summed E-state index contributed by atoms with van der Waals surface area (Å²) in [5.41, 5.74) is 2.30. The number of hydrogen-bond donors (Lipinski definition) is 0. The average molecular weight is 266 g/mol. The van der Waals surface area contributed by atoms with E-state index < -0.39 is 0 Å². The van der Waals surface area contributed by atoms with Gasteiger partial charge in [-0.3, -0.25) is 4.79 Å². The molecule has 0 radical (unpaired) electrons. The van der Waals surface area contributed by atoms with Crippen molar-refractivity contribution in [2.45, 2.75) is 32.1 Å². The molecule has 0 saturated carbocycles. The van der Waals surface area contributed by atoms with Crippen LogP contribution in [-0.4, -0.2) is 29.3 Å². The van der Waals surface area contributed by atoms with Gasteiger partial charge in [0.2, 0.25) is 5.91 Å². The number of nitrogens with zero attached hydrogens (tertiary/aromatic N) is 1. The van der Waals surface area contributed by atoms with Crippen molar-refractivity contribution in [3.05, 3.63) is 35.4 Å². The van der Waals surface area contributed by atoms with E-state index in [1.807, 2.05) is 29.2 Å². The second-order valence-corrected chi connectivity index (χ2v) is 5.84. The Labute approximate surface area is 114 Å². The van der Waals surface area contributed by atoms with E-state index >= 15 is 0 Å². The summed E-state index contributed by atoms with van der Waals surface area (Å²) in [6.07, 6.45) is 1.49. The third-order valence-corrected chi connectivity index (χ3v) is 4.26. The van der Waals surface area contributed by atoms with Gasteiger partial charge in [0, 0.05) is 13.1 Å². The molecule has 0 N–H and O–H groups in total. The van der Waals surface area contributed by atoms with Crippen molar-refractivity contribution in [2.24, 2.45) is 5.92 Å². The zero-order chi connectivity index (χ0) is 13.1. The third kappa shape index (κ3) is 3.26. The number of benzene rings is 1. The zero-order valence-corrected chi connectivity index (χ0v) is 11.8. The SMILES string of the molecule is Cc1ccc(CC(=O)N2CCC(C)C(Cl)C2)cc1. The maximum Gasteiger partial charge on any atom is 0.227 e. The molecule has 1 heterocycles. The Morgan fingerprint density at radius 2 is 2.06 bits per heavy atom. The number of halogens is 1. The molecule has 0 aromatic heterocycles. The minimum absolute atomic E-state index is 0.0979. The molecule has 2 atom stereocenters. The van der Waals surface area contributed by atoms with Gasteiger partial charge in [-0.15, -0.1) is 11.6 Å². The van der Waals surface area contributed by atoms with Crippen LogP contribution >= 0.6 is 11.6 Å². The van der Waals surface area contributed by atoms with Crippen molar-refractivity contribution in [3.8, 4) is 0 Å². The van der Waals surface area contributed by atoms with Gasteiger partial charge in [-0.25, -0.2) is 0 Å². The summed E-state index contributed by atoms with van der Waals surface area (Å²) < 4.78 is 0. The molecular weight excluding hydrogens is 246 g/mol. The van der Waals surface area contributed by atoms with Crippen LogP contribution in [0.2, 0.25) is 0 Å². The zero-order valence-electron chi connectivity index (χ0n) is 11.0. The normalized spacial score (nSPS) is 24.1. The Balaban J connectivity index is 1.94. The maximum atomic E-state index is 12.2. The minimum Gasteiger partial charge on any atom is -0.341 e. The minimum atomic E-state index is 0.0979. The summed E-state index contributed by atoms with van der Waals surface area (Å²) in [4.78, 5) is 14.1. The van der Waals surface area contributed by atoms with Gasteiger partial charge in [-0.2, -0.15) is 0 Å². The van der Waals surface area contributed by atoms with Crippen molar-refractivity contribution in [1.82, 2.24) is 4.90 Å². The summed E-state index contributed by atoms with van der Waals surface area (Å²) in [7, 11) is 0. The summed E-state index contributed by atoms with van der Waals surface area (Å²) in [5.74, 6) is 0.700. The van der Waals surface area contributed by atoms with Gasteiger partial charge in [0.25, 0.3) is 0 Å². The number of rotatable bonds is 2. The fourth-order valence-electron chi connectivity index (χ4n) is 2.24. The Bertz CT molecular complexity index is 415. The van der Waals surface area contributed by atoms with Crippen LogP contribution in [-0.2, 0) is 11.2 Å². The molecule has 1 aromatic rings. The second kappa shape index (κ2) is 5.75. The molecule has 0 bridgehead atoms. The van der Waals surface area contributed by atoms with Crippen molar-refractivity contribution >= 4 is 17.5 Å². The van der Waals surface area contributed by atoms with Crippen molar-refractivity contribution in [3.63, 3.8) is 0 Å². The molecule has 1 saturated heterocycles. The number of hydrogen-bond acceptors (Lipinski definition) is 1. The summed E-state index contributed by atoms with van der Waals surface area (Å²) in [5, 5.41) is 0.0979. The Morgan fingerprint density at radius 3 is 2.67 bits per heavy atom. The van der Waals surface area contributed by atoms with Crippen molar-refractivity contribution in [2.75, 3.05) is 13.1 Å². The van der Waals surface area contributed by atoms with E-state index in [0.29, 0.717) is 18.9 Å². The molecule has 98 valence electrons. The van der Waals surface area contributed by atoms with Crippen LogP contribution in [0, 0.1) is 12.8 Å². The van der Waals surface area contributed by atoms with E-state index in [2.05, 4.69) is 13.8 Å². The molecule has 1 aliphatic heterocycles. The number of likely N-dealkylation sites (tertiary alicyclic amines) is 1. The largest absolute Gasteiger partial charge is 0.341 e. The molecule has 2 rings (SSSR count). The predicted octanol–water partition coefficient (Wildman–Crippen LogP) is 3.01. The number of carbonyl (C=O) groups is 1. The fraction of sp³-hybridized carbons (Fsp3) is 0.533. The highest BCUT2D eigenvalue weighted by Gasteiger charge is 2.27. The highest BCUT2D eigenvalue weighted by molar-refractivity contribution is 6.21. The first-order chi connectivity index (χ1) is 8.56. The van der Waals surface area contributed by atoms with E-state index in [9.17, 15) is 4.79 Å². The van der Waals surface area contributed by atoms with Crippen LogP contribution in [0.5, 0.6) is 0 Å². The number of amides is 1. The van der Waals surface area contributed by atoms with Gasteiger partial charge >= 0.3 is 0 Å². The molecule has 2 unspecified atom stereocenters. The van der Waals surface area contributed by atoms with Crippen LogP contribution in [0.3, 0.4) is 0 Å². The van der Waals surface area contributed by atoms with Crippen molar-refractivity contribution in [1.29, 1.82) is 0 Å². The lowest BCUT2D eigenvalue weighted by molar-refractivity contribution is -0.131. The third-order valence-electron chi connectivity index (χ3n) is 3.70. The highest BCUT2D eigenvalue weighted by Crippen LogP contribution is 2.22. The summed E-state index contributed by atoms with van der Waals surface area (Å²) in [6.45, 7) is 5.73. The summed E-state index contributed by atoms with van der Waals surface area (Å²) in [6, 6.07) is 8.15. The van der Waals surface area contributed by atoms with E-state index in [1.54, 1.807) is 0 Å². The standard InChI is InChI=1S/C15H20ClNO/c1-11-3-5-13(6-4-11)9-15(18)17-8-7-12(2)14(16)10-17/h3-6,12,14H,7-10H2,1-2H3. The Morgan fingerprint density at radius 1 is 1.39 bits per heavy atom. The van der Waals surface area contributed by atoms with Crippen molar-refractivity contribution < 1.29 is 4.79 Å². The van der Waals surface area contributed by atoms with E-state index in [-0.39, 0.29) is 11.3 Å². The summed E-state index contributed by atoms with van der Waals surface area (Å²) >= 11 is 6.24. The quantitative estimate of drug-likeness (QED) is 0.753. The molecular formula is C15H20ClNO.